The molecule has 0 bridgehead atoms. The summed E-state index contributed by atoms with van der Waals surface area (Å²) in [6.07, 6.45) is 1.99. The number of carboxylic acid groups (broad SMARTS) is 1. The minimum Gasteiger partial charge on any atom is -0.490 e. The van der Waals surface area contributed by atoms with Gasteiger partial charge in [0.1, 0.15) is 41.6 Å². The molecule has 4 rings (SSSR count). The Morgan fingerprint density at radius 3 is 2.34 bits per heavy atom. The monoisotopic (exact) mass is 437 g/mol. The second-order valence-corrected chi connectivity index (χ2v) is 7.84. The number of rotatable bonds is 8. The molecule has 166 valence electrons. The van der Waals surface area contributed by atoms with Crippen LogP contribution in [0.1, 0.15) is 36.0 Å². The molecule has 1 fully saturated rings. The van der Waals surface area contributed by atoms with E-state index in [-0.39, 0.29) is 24.5 Å². The maximum atomic E-state index is 15.1. The van der Waals surface area contributed by atoms with E-state index in [9.17, 15) is 14.7 Å². The Labute approximate surface area is 185 Å². The predicted molar refractivity (Wildman–Crippen MR) is 118 cm³/mol. The summed E-state index contributed by atoms with van der Waals surface area (Å²) < 4.78 is 26.6. The number of benzene rings is 3. The lowest BCUT2D eigenvalue weighted by atomic mass is 9.96. The Balaban J connectivity index is 1.61. The highest BCUT2D eigenvalue weighted by atomic mass is 19.1. The zero-order valence-corrected chi connectivity index (χ0v) is 17.5. The van der Waals surface area contributed by atoms with Crippen LogP contribution in [-0.4, -0.2) is 35.7 Å². The molecule has 32 heavy (non-hydrogen) atoms. The number of carbonyl (C=O) groups excluding carboxylic acids is 1. The zero-order chi connectivity index (χ0) is 22.6. The van der Waals surface area contributed by atoms with E-state index in [1.165, 1.54) is 6.07 Å². The van der Waals surface area contributed by atoms with Gasteiger partial charge in [-0.15, -0.1) is 0 Å². The first-order chi connectivity index (χ1) is 15.5. The SMILES string of the molecule is O=C(NC1(C(=O)O)CCCC1)c1c(F)cc2ccccc2c1OCCOc1ccccc1. The summed E-state index contributed by atoms with van der Waals surface area (Å²) in [7, 11) is 0. The number of para-hydroxylation sites is 1. The smallest absolute Gasteiger partial charge is 0.329 e. The highest BCUT2D eigenvalue weighted by Crippen LogP contribution is 2.35. The van der Waals surface area contributed by atoms with Crippen LogP contribution >= 0.6 is 0 Å². The van der Waals surface area contributed by atoms with Crippen LogP contribution in [0.3, 0.4) is 0 Å². The van der Waals surface area contributed by atoms with Crippen LogP contribution in [0.5, 0.6) is 11.5 Å². The summed E-state index contributed by atoms with van der Waals surface area (Å²) in [5.74, 6) is -1.92. The minimum absolute atomic E-state index is 0.0761. The number of carboxylic acids is 1. The highest BCUT2D eigenvalue weighted by molar-refractivity contribution is 6.05. The van der Waals surface area contributed by atoms with Gasteiger partial charge in [0.2, 0.25) is 0 Å². The third kappa shape index (κ3) is 4.37. The lowest BCUT2D eigenvalue weighted by Crippen LogP contribution is -2.52. The molecule has 0 radical (unpaired) electrons. The number of ether oxygens (including phenoxy) is 2. The van der Waals surface area contributed by atoms with Crippen LogP contribution in [0.25, 0.3) is 10.8 Å². The second kappa shape index (κ2) is 9.26. The quantitative estimate of drug-likeness (QED) is 0.505. The number of nitrogens with one attached hydrogen (secondary N) is 1. The van der Waals surface area contributed by atoms with Gasteiger partial charge in [-0.1, -0.05) is 55.3 Å². The van der Waals surface area contributed by atoms with E-state index < -0.39 is 23.2 Å². The third-order valence-corrected chi connectivity index (χ3v) is 5.74. The summed E-state index contributed by atoms with van der Waals surface area (Å²) in [4.78, 5) is 25.0. The molecular formula is C25H24FNO5. The van der Waals surface area contributed by atoms with Crippen molar-refractivity contribution in [1.29, 1.82) is 0 Å². The maximum absolute atomic E-state index is 15.1. The molecule has 1 aliphatic rings. The second-order valence-electron chi connectivity index (χ2n) is 7.84. The van der Waals surface area contributed by atoms with Crippen molar-refractivity contribution in [3.05, 3.63) is 72.0 Å². The molecule has 0 heterocycles. The van der Waals surface area contributed by atoms with Gasteiger partial charge in [-0.2, -0.15) is 0 Å². The van der Waals surface area contributed by atoms with Gasteiger partial charge < -0.3 is 19.9 Å². The van der Waals surface area contributed by atoms with Crippen LogP contribution < -0.4 is 14.8 Å². The van der Waals surface area contributed by atoms with Crippen LogP contribution in [0.15, 0.2) is 60.7 Å². The number of hydrogen-bond donors (Lipinski definition) is 2. The number of fused-ring (bicyclic) bond motifs is 1. The number of aliphatic carboxylic acids is 1. The first-order valence-corrected chi connectivity index (χ1v) is 10.6. The Morgan fingerprint density at radius 1 is 0.969 bits per heavy atom. The highest BCUT2D eigenvalue weighted by Gasteiger charge is 2.43. The predicted octanol–water partition coefficient (Wildman–Crippen LogP) is 4.56. The molecule has 1 saturated carbocycles. The van der Waals surface area contributed by atoms with E-state index in [4.69, 9.17) is 9.47 Å². The molecule has 0 atom stereocenters. The molecule has 0 spiro atoms. The average molecular weight is 437 g/mol. The van der Waals surface area contributed by atoms with Crippen LogP contribution in [0, 0.1) is 5.82 Å². The van der Waals surface area contributed by atoms with E-state index in [0.29, 0.717) is 42.2 Å². The van der Waals surface area contributed by atoms with Gasteiger partial charge in [0, 0.05) is 5.39 Å². The molecule has 1 aliphatic carbocycles. The fraction of sp³-hybridized carbons (Fsp3) is 0.280. The fourth-order valence-electron chi connectivity index (χ4n) is 4.11. The number of halogens is 1. The fourth-order valence-corrected chi connectivity index (χ4v) is 4.11. The molecule has 0 saturated heterocycles. The van der Waals surface area contributed by atoms with Crippen molar-refractivity contribution in [2.24, 2.45) is 0 Å². The summed E-state index contributed by atoms with van der Waals surface area (Å²) in [6, 6.07) is 17.4. The van der Waals surface area contributed by atoms with Gasteiger partial charge in [0.05, 0.1) is 0 Å². The molecule has 3 aromatic carbocycles. The largest absolute Gasteiger partial charge is 0.490 e. The molecule has 6 nitrogen and oxygen atoms in total. The molecule has 0 aromatic heterocycles. The van der Waals surface area contributed by atoms with Gasteiger partial charge in [-0.05, 0) is 36.4 Å². The summed E-state index contributed by atoms with van der Waals surface area (Å²) in [5.41, 5.74) is -1.68. The normalized spacial score (nSPS) is 14.8. The Bertz CT molecular complexity index is 1130. The van der Waals surface area contributed by atoms with Crippen molar-refractivity contribution < 1.29 is 28.6 Å². The summed E-state index contributed by atoms with van der Waals surface area (Å²) in [5, 5.41) is 13.4. The maximum Gasteiger partial charge on any atom is 0.329 e. The van der Waals surface area contributed by atoms with E-state index in [0.717, 1.165) is 0 Å². The van der Waals surface area contributed by atoms with Gasteiger partial charge in [0.25, 0.3) is 5.91 Å². The molecule has 3 aromatic rings. The minimum atomic E-state index is -1.39. The first kappa shape index (κ1) is 21.6. The van der Waals surface area contributed by atoms with Gasteiger partial charge >= 0.3 is 5.97 Å². The van der Waals surface area contributed by atoms with E-state index >= 15 is 4.39 Å². The van der Waals surface area contributed by atoms with Gasteiger partial charge in [-0.25, -0.2) is 9.18 Å². The summed E-state index contributed by atoms with van der Waals surface area (Å²) in [6.45, 7) is 0.266. The lowest BCUT2D eigenvalue weighted by molar-refractivity contribution is -0.144. The Kier molecular flexibility index (Phi) is 6.25. The molecule has 0 unspecified atom stereocenters. The topological polar surface area (TPSA) is 84.9 Å². The molecule has 0 aliphatic heterocycles. The molecule has 7 heteroatoms. The van der Waals surface area contributed by atoms with Crippen molar-refractivity contribution in [1.82, 2.24) is 5.32 Å². The Morgan fingerprint density at radius 2 is 1.62 bits per heavy atom. The van der Waals surface area contributed by atoms with Crippen molar-refractivity contribution in [3.8, 4) is 11.5 Å². The van der Waals surface area contributed by atoms with Gasteiger partial charge in [-0.3, -0.25) is 4.79 Å². The standard InChI is InChI=1S/C25H24FNO5/c26-20-16-17-8-4-5-11-19(17)22(32-15-14-31-18-9-2-1-3-10-18)21(20)23(28)27-25(24(29)30)12-6-7-13-25/h1-5,8-11,16H,6-7,12-15H2,(H,27,28)(H,29,30). The Hall–Kier alpha value is -3.61. The summed E-state index contributed by atoms with van der Waals surface area (Å²) >= 11 is 0. The van der Waals surface area contributed by atoms with Crippen molar-refractivity contribution in [2.45, 2.75) is 31.2 Å². The average Bonchev–Trinajstić information content (AvgIpc) is 3.27. The van der Waals surface area contributed by atoms with Crippen LogP contribution in [-0.2, 0) is 4.79 Å². The van der Waals surface area contributed by atoms with Crippen molar-refractivity contribution >= 4 is 22.6 Å². The lowest BCUT2D eigenvalue weighted by Gasteiger charge is -2.26. The molecule has 1 amide bonds. The zero-order valence-electron chi connectivity index (χ0n) is 17.5. The van der Waals surface area contributed by atoms with E-state index in [2.05, 4.69) is 5.32 Å². The number of amides is 1. The van der Waals surface area contributed by atoms with Crippen LogP contribution in [0.4, 0.5) is 4.39 Å². The molecule has 2 N–H and O–H groups in total. The van der Waals surface area contributed by atoms with Gasteiger partial charge in [0.15, 0.2) is 0 Å². The van der Waals surface area contributed by atoms with E-state index in [1.807, 2.05) is 30.3 Å². The van der Waals surface area contributed by atoms with Crippen molar-refractivity contribution in [3.63, 3.8) is 0 Å². The van der Waals surface area contributed by atoms with Crippen LogP contribution in [0.2, 0.25) is 0 Å². The number of carbonyl (C=O) groups is 2. The van der Waals surface area contributed by atoms with E-state index in [1.54, 1.807) is 24.3 Å². The third-order valence-electron chi connectivity index (χ3n) is 5.74. The number of hydrogen-bond acceptors (Lipinski definition) is 4. The molecular weight excluding hydrogens is 413 g/mol. The first-order valence-electron chi connectivity index (χ1n) is 10.6. The van der Waals surface area contributed by atoms with Crippen molar-refractivity contribution in [2.75, 3.05) is 13.2 Å².